The first kappa shape index (κ1) is 15.2. The van der Waals surface area contributed by atoms with Gasteiger partial charge in [-0.3, -0.25) is 4.79 Å². The lowest BCUT2D eigenvalue weighted by atomic mass is 10.2. The Hall–Kier alpha value is -2.21. The topological polar surface area (TPSA) is 63.1 Å². The number of carbonyl (C=O) groups excluding carboxylic acids is 1. The third-order valence-electron chi connectivity index (χ3n) is 3.04. The van der Waals surface area contributed by atoms with Gasteiger partial charge in [0.1, 0.15) is 0 Å². The van der Waals surface area contributed by atoms with E-state index >= 15 is 0 Å². The molecule has 0 fully saturated rings. The minimum Gasteiger partial charge on any atom is -0.343 e. The maximum absolute atomic E-state index is 11.9. The van der Waals surface area contributed by atoms with Crippen LogP contribution in [0.1, 0.15) is 29.4 Å². The Bertz CT molecular complexity index is 606. The van der Waals surface area contributed by atoms with Crippen molar-refractivity contribution in [2.75, 3.05) is 20.6 Å². The van der Waals surface area contributed by atoms with Crippen molar-refractivity contribution in [1.29, 1.82) is 0 Å². The smallest absolute Gasteiger partial charge is 0.273 e. The van der Waals surface area contributed by atoms with Gasteiger partial charge in [0.2, 0.25) is 0 Å². The summed E-state index contributed by atoms with van der Waals surface area (Å²) in [5.74, 6) is 0.634. The highest BCUT2D eigenvalue weighted by Crippen LogP contribution is 2.11. The second kappa shape index (κ2) is 6.99. The van der Waals surface area contributed by atoms with E-state index in [4.69, 9.17) is 0 Å². The molecule has 0 aliphatic carbocycles. The lowest BCUT2D eigenvalue weighted by Gasteiger charge is -2.09. The van der Waals surface area contributed by atoms with Gasteiger partial charge >= 0.3 is 0 Å². The normalized spacial score (nSPS) is 10.6. The molecule has 2 aromatic rings. The minimum absolute atomic E-state index is 0.115. The highest BCUT2D eigenvalue weighted by atomic mass is 16.2. The van der Waals surface area contributed by atoms with E-state index in [2.05, 4.69) is 22.3 Å². The van der Waals surface area contributed by atoms with Gasteiger partial charge in [0.05, 0.1) is 0 Å². The van der Waals surface area contributed by atoms with Crippen LogP contribution in [0.25, 0.3) is 5.82 Å². The molecule has 2 aromatic heterocycles. The summed E-state index contributed by atoms with van der Waals surface area (Å²) in [5.41, 5.74) is 1.47. The Kier molecular flexibility index (Phi) is 5.05. The van der Waals surface area contributed by atoms with Gasteiger partial charge < -0.3 is 10.2 Å². The molecule has 0 saturated heterocycles. The Morgan fingerprint density at radius 3 is 2.90 bits per heavy atom. The molecule has 0 aliphatic heterocycles. The summed E-state index contributed by atoms with van der Waals surface area (Å²) in [4.78, 5) is 17.8. The zero-order valence-corrected chi connectivity index (χ0v) is 12.7. The van der Waals surface area contributed by atoms with E-state index in [1.54, 1.807) is 37.2 Å². The number of nitrogens with zero attached hydrogens (tertiary/aromatic N) is 4. The molecule has 6 heteroatoms. The largest absolute Gasteiger partial charge is 0.343 e. The number of rotatable bonds is 6. The molecule has 21 heavy (non-hydrogen) atoms. The summed E-state index contributed by atoms with van der Waals surface area (Å²) in [6.45, 7) is 3.81. The quantitative estimate of drug-likeness (QED) is 0.817. The summed E-state index contributed by atoms with van der Waals surface area (Å²) in [5, 5.41) is 7.68. The molecule has 0 unspecified atom stereocenters. The number of aromatic nitrogens is 3. The molecule has 1 amide bonds. The molecule has 112 valence electrons. The third-order valence-corrected chi connectivity index (χ3v) is 3.04. The van der Waals surface area contributed by atoms with E-state index in [-0.39, 0.29) is 5.91 Å². The molecule has 0 radical (unpaired) electrons. The standard InChI is InChI=1S/C15H21N5O/c1-4-8-16-11-12-6-5-9-17-14(12)20-10-7-13(18-20)15(21)19(2)3/h5-7,9-10,16H,4,8,11H2,1-3H3. The van der Waals surface area contributed by atoms with E-state index in [0.29, 0.717) is 5.69 Å². The van der Waals surface area contributed by atoms with Gasteiger partial charge in [0.15, 0.2) is 11.5 Å². The molecule has 2 rings (SSSR count). The maximum Gasteiger partial charge on any atom is 0.273 e. The first-order valence-electron chi connectivity index (χ1n) is 7.05. The van der Waals surface area contributed by atoms with Crippen LogP contribution in [0.15, 0.2) is 30.6 Å². The van der Waals surface area contributed by atoms with Crippen molar-refractivity contribution >= 4 is 5.91 Å². The van der Waals surface area contributed by atoms with Gasteiger partial charge in [-0.05, 0) is 25.1 Å². The van der Waals surface area contributed by atoms with Crippen molar-refractivity contribution in [3.63, 3.8) is 0 Å². The highest BCUT2D eigenvalue weighted by molar-refractivity contribution is 5.91. The van der Waals surface area contributed by atoms with Crippen molar-refractivity contribution in [1.82, 2.24) is 25.0 Å². The van der Waals surface area contributed by atoms with Gasteiger partial charge in [0.25, 0.3) is 5.91 Å². The molecule has 0 saturated carbocycles. The molecular formula is C15H21N5O. The average molecular weight is 287 g/mol. The molecule has 6 nitrogen and oxygen atoms in total. The number of hydrogen-bond donors (Lipinski definition) is 1. The molecule has 0 bridgehead atoms. The van der Waals surface area contributed by atoms with Crippen LogP contribution in [-0.4, -0.2) is 46.2 Å². The number of pyridine rings is 1. The summed E-state index contributed by atoms with van der Waals surface area (Å²) < 4.78 is 1.65. The van der Waals surface area contributed by atoms with Crippen molar-refractivity contribution in [2.45, 2.75) is 19.9 Å². The van der Waals surface area contributed by atoms with Crippen LogP contribution in [0.5, 0.6) is 0 Å². The zero-order valence-electron chi connectivity index (χ0n) is 12.7. The predicted molar refractivity (Wildman–Crippen MR) is 81.4 cm³/mol. The third kappa shape index (κ3) is 3.66. The molecule has 0 aliphatic rings. The fourth-order valence-corrected chi connectivity index (χ4v) is 1.96. The molecule has 0 spiro atoms. The molecule has 1 N–H and O–H groups in total. The first-order valence-corrected chi connectivity index (χ1v) is 7.05. The van der Waals surface area contributed by atoms with E-state index < -0.39 is 0 Å². The Morgan fingerprint density at radius 2 is 2.19 bits per heavy atom. The van der Waals surface area contributed by atoms with Crippen LogP contribution in [0.2, 0.25) is 0 Å². The predicted octanol–water partition coefficient (Wildman–Crippen LogP) is 1.47. The first-order chi connectivity index (χ1) is 10.1. The van der Waals surface area contributed by atoms with Crippen LogP contribution in [-0.2, 0) is 6.54 Å². The van der Waals surface area contributed by atoms with E-state index in [0.717, 1.165) is 30.9 Å². The zero-order chi connectivity index (χ0) is 15.2. The molecule has 0 atom stereocenters. The van der Waals surface area contributed by atoms with Crippen LogP contribution >= 0.6 is 0 Å². The van der Waals surface area contributed by atoms with Gasteiger partial charge in [0, 0.05) is 38.6 Å². The summed E-state index contributed by atoms with van der Waals surface area (Å²) >= 11 is 0. The fraction of sp³-hybridized carbons (Fsp3) is 0.400. The lowest BCUT2D eigenvalue weighted by molar-refractivity contribution is 0.0821. The van der Waals surface area contributed by atoms with Crippen molar-refractivity contribution < 1.29 is 4.79 Å². The van der Waals surface area contributed by atoms with Gasteiger partial charge in [-0.15, -0.1) is 0 Å². The summed E-state index contributed by atoms with van der Waals surface area (Å²) in [6, 6.07) is 5.63. The van der Waals surface area contributed by atoms with Gasteiger partial charge in [-0.2, -0.15) is 5.10 Å². The maximum atomic E-state index is 11.9. The monoisotopic (exact) mass is 287 g/mol. The minimum atomic E-state index is -0.115. The lowest BCUT2D eigenvalue weighted by Crippen LogP contribution is -2.22. The number of nitrogens with one attached hydrogen (secondary N) is 1. The van der Waals surface area contributed by atoms with E-state index in [1.807, 2.05) is 12.1 Å². The second-order valence-corrected chi connectivity index (χ2v) is 5.01. The second-order valence-electron chi connectivity index (χ2n) is 5.01. The van der Waals surface area contributed by atoms with Crippen LogP contribution < -0.4 is 5.32 Å². The molecular weight excluding hydrogens is 266 g/mol. The number of carbonyl (C=O) groups is 1. The Morgan fingerprint density at radius 1 is 1.38 bits per heavy atom. The molecule has 2 heterocycles. The van der Waals surface area contributed by atoms with Crippen molar-refractivity contribution in [3.05, 3.63) is 41.9 Å². The summed E-state index contributed by atoms with van der Waals surface area (Å²) in [6.07, 6.45) is 4.58. The van der Waals surface area contributed by atoms with Crippen molar-refractivity contribution in [2.24, 2.45) is 0 Å². The van der Waals surface area contributed by atoms with Crippen molar-refractivity contribution in [3.8, 4) is 5.82 Å². The van der Waals surface area contributed by atoms with Gasteiger partial charge in [-0.25, -0.2) is 9.67 Å². The molecule has 0 aromatic carbocycles. The van der Waals surface area contributed by atoms with E-state index in [1.165, 1.54) is 4.90 Å². The SMILES string of the molecule is CCCNCc1cccnc1-n1ccc(C(=O)N(C)C)n1. The average Bonchev–Trinajstić information content (AvgIpc) is 2.96. The highest BCUT2D eigenvalue weighted by Gasteiger charge is 2.13. The van der Waals surface area contributed by atoms with Crippen LogP contribution in [0.3, 0.4) is 0 Å². The Balaban J connectivity index is 2.24. The fourth-order valence-electron chi connectivity index (χ4n) is 1.96. The summed E-state index contributed by atoms with van der Waals surface area (Å²) in [7, 11) is 3.42. The number of hydrogen-bond acceptors (Lipinski definition) is 4. The van der Waals surface area contributed by atoms with Crippen LogP contribution in [0, 0.1) is 0 Å². The van der Waals surface area contributed by atoms with Gasteiger partial charge in [-0.1, -0.05) is 13.0 Å². The number of amides is 1. The Labute approximate surface area is 124 Å². The van der Waals surface area contributed by atoms with E-state index in [9.17, 15) is 4.79 Å². The van der Waals surface area contributed by atoms with Crippen LogP contribution in [0.4, 0.5) is 0 Å².